The van der Waals surface area contributed by atoms with Crippen LogP contribution >= 0.6 is 22.7 Å². The molecule has 0 N–H and O–H groups in total. The predicted octanol–water partition coefficient (Wildman–Crippen LogP) is 6.68. The number of esters is 1. The fourth-order valence-corrected chi connectivity index (χ4v) is 5.90. The van der Waals surface area contributed by atoms with Gasteiger partial charge in [-0.3, -0.25) is 4.79 Å². The molecular formula is C23H18O3S2. The van der Waals surface area contributed by atoms with E-state index in [1.807, 2.05) is 60.7 Å². The summed E-state index contributed by atoms with van der Waals surface area (Å²) < 4.78 is 6.29. The summed E-state index contributed by atoms with van der Waals surface area (Å²) in [5.41, 5.74) is 3.67. The number of carbonyl (C=O) groups excluding carboxylic acids is 2. The minimum atomic E-state index is -0.321. The number of hydrogen-bond donors (Lipinski definition) is 0. The Hall–Kier alpha value is -2.76. The van der Waals surface area contributed by atoms with Crippen molar-refractivity contribution in [3.63, 3.8) is 0 Å². The highest BCUT2D eigenvalue weighted by Crippen LogP contribution is 2.49. The highest BCUT2D eigenvalue weighted by molar-refractivity contribution is 7.40. The Kier molecular flexibility index (Phi) is 5.11. The van der Waals surface area contributed by atoms with Crippen LogP contribution in [0.5, 0.6) is 0 Å². The third kappa shape index (κ3) is 3.17. The molecule has 4 aromatic rings. The number of rotatable bonds is 5. The van der Waals surface area contributed by atoms with Crippen LogP contribution in [0.25, 0.3) is 31.7 Å². The van der Waals surface area contributed by atoms with Crippen molar-refractivity contribution in [2.75, 3.05) is 6.61 Å². The minimum absolute atomic E-state index is 0.0314. The summed E-state index contributed by atoms with van der Waals surface area (Å²) in [4.78, 5) is 26.4. The molecule has 5 heteroatoms. The van der Waals surface area contributed by atoms with Crippen LogP contribution in [0.1, 0.15) is 33.2 Å². The van der Waals surface area contributed by atoms with E-state index in [2.05, 4.69) is 0 Å². The van der Waals surface area contributed by atoms with Gasteiger partial charge < -0.3 is 4.74 Å². The van der Waals surface area contributed by atoms with E-state index in [-0.39, 0.29) is 11.8 Å². The number of hydrogen-bond acceptors (Lipinski definition) is 5. The topological polar surface area (TPSA) is 43.4 Å². The third-order valence-electron chi connectivity index (χ3n) is 4.45. The molecule has 28 heavy (non-hydrogen) atoms. The van der Waals surface area contributed by atoms with Gasteiger partial charge in [-0.25, -0.2) is 4.79 Å². The number of thiophene rings is 2. The van der Waals surface area contributed by atoms with Crippen LogP contribution in [0.3, 0.4) is 0 Å². The molecule has 140 valence electrons. The van der Waals surface area contributed by atoms with Crippen molar-refractivity contribution in [1.82, 2.24) is 0 Å². The highest BCUT2D eigenvalue weighted by Gasteiger charge is 2.28. The molecule has 2 aromatic heterocycles. The van der Waals surface area contributed by atoms with Crippen molar-refractivity contribution >= 4 is 43.8 Å². The van der Waals surface area contributed by atoms with Crippen LogP contribution in [0.4, 0.5) is 0 Å². The summed E-state index contributed by atoms with van der Waals surface area (Å²) in [6.07, 6.45) is 0. The lowest BCUT2D eigenvalue weighted by Crippen LogP contribution is -2.03. The number of carbonyl (C=O) groups is 2. The first kappa shape index (κ1) is 18.6. The lowest BCUT2D eigenvalue weighted by atomic mass is 9.96. The molecule has 0 unspecified atom stereocenters. The zero-order valence-electron chi connectivity index (χ0n) is 15.5. The molecule has 0 saturated carbocycles. The van der Waals surface area contributed by atoms with E-state index in [4.69, 9.17) is 4.74 Å². The Bertz CT molecular complexity index is 1160. The average molecular weight is 407 g/mol. The largest absolute Gasteiger partial charge is 0.462 e. The molecule has 0 aliphatic carbocycles. The average Bonchev–Trinajstić information content (AvgIpc) is 3.26. The van der Waals surface area contributed by atoms with Gasteiger partial charge in [-0.15, -0.1) is 22.7 Å². The normalized spacial score (nSPS) is 10.9. The molecular weight excluding hydrogens is 388 g/mol. The second kappa shape index (κ2) is 7.70. The summed E-state index contributed by atoms with van der Waals surface area (Å²) in [7, 11) is 0. The summed E-state index contributed by atoms with van der Waals surface area (Å²) in [5.74, 6) is -0.290. The van der Waals surface area contributed by atoms with Gasteiger partial charge in [0.2, 0.25) is 0 Å². The smallest absolute Gasteiger partial charge is 0.349 e. The van der Waals surface area contributed by atoms with Gasteiger partial charge in [0, 0.05) is 16.5 Å². The van der Waals surface area contributed by atoms with Crippen LogP contribution in [-0.4, -0.2) is 18.4 Å². The number of benzene rings is 2. The van der Waals surface area contributed by atoms with Crippen molar-refractivity contribution in [2.24, 2.45) is 0 Å². The molecule has 0 fully saturated rings. The molecule has 0 saturated heterocycles. The van der Waals surface area contributed by atoms with Crippen LogP contribution in [0, 0.1) is 0 Å². The highest BCUT2D eigenvalue weighted by atomic mass is 32.2. The van der Waals surface area contributed by atoms with Crippen LogP contribution in [0.2, 0.25) is 0 Å². The van der Waals surface area contributed by atoms with E-state index < -0.39 is 0 Å². The van der Waals surface area contributed by atoms with Gasteiger partial charge in [-0.2, -0.15) is 0 Å². The molecule has 0 amide bonds. The van der Waals surface area contributed by atoms with Crippen molar-refractivity contribution in [3.8, 4) is 22.3 Å². The van der Waals surface area contributed by atoms with E-state index in [0.717, 1.165) is 36.5 Å². The standard InChI is InChI=1S/C23H18O3S2/c1-3-26-22(25)21-18(16-12-8-5-9-13-16)19-17(15-10-6-4-7-11-15)20(14(2)24)27-23(19)28-21/h4-13H,3H2,1-2H3. The zero-order chi connectivity index (χ0) is 19.7. The van der Waals surface area contributed by atoms with Crippen LogP contribution < -0.4 is 0 Å². The first-order valence-corrected chi connectivity index (χ1v) is 10.6. The first-order valence-electron chi connectivity index (χ1n) is 9.00. The van der Waals surface area contributed by atoms with E-state index >= 15 is 0 Å². The summed E-state index contributed by atoms with van der Waals surface area (Å²) >= 11 is 2.86. The molecule has 0 bridgehead atoms. The quantitative estimate of drug-likeness (QED) is 0.274. The molecule has 0 aliphatic rings. The zero-order valence-corrected chi connectivity index (χ0v) is 17.2. The van der Waals surface area contributed by atoms with E-state index in [1.54, 1.807) is 13.8 Å². The maximum atomic E-state index is 12.7. The van der Waals surface area contributed by atoms with Crippen molar-refractivity contribution in [2.45, 2.75) is 13.8 Å². The third-order valence-corrected chi connectivity index (χ3v) is 7.00. The van der Waals surface area contributed by atoms with Crippen LogP contribution in [-0.2, 0) is 4.74 Å². The first-order chi connectivity index (χ1) is 13.6. The van der Waals surface area contributed by atoms with Crippen LogP contribution in [0.15, 0.2) is 60.7 Å². The van der Waals surface area contributed by atoms with Gasteiger partial charge >= 0.3 is 5.97 Å². The Labute approximate surface area is 171 Å². The van der Waals surface area contributed by atoms with Crippen molar-refractivity contribution < 1.29 is 14.3 Å². The van der Waals surface area contributed by atoms with Gasteiger partial charge in [0.15, 0.2) is 5.78 Å². The monoisotopic (exact) mass is 406 g/mol. The Balaban J connectivity index is 2.11. The number of Topliss-reactive ketones (excluding diaryl/α,β-unsaturated/α-hetero) is 1. The van der Waals surface area contributed by atoms with Gasteiger partial charge in [-0.1, -0.05) is 60.7 Å². The van der Waals surface area contributed by atoms with E-state index in [0.29, 0.717) is 11.5 Å². The van der Waals surface area contributed by atoms with Crippen molar-refractivity contribution in [1.29, 1.82) is 0 Å². The molecule has 0 radical (unpaired) electrons. The number of fused-ring (bicyclic) bond motifs is 1. The molecule has 0 spiro atoms. The summed E-state index contributed by atoms with van der Waals surface area (Å²) in [6.45, 7) is 3.72. The molecule has 0 atom stereocenters. The molecule has 2 heterocycles. The Morgan fingerprint density at radius 3 is 1.82 bits per heavy atom. The van der Waals surface area contributed by atoms with Gasteiger partial charge in [0.1, 0.15) is 4.88 Å². The maximum absolute atomic E-state index is 12.7. The van der Waals surface area contributed by atoms with Crippen molar-refractivity contribution in [3.05, 3.63) is 70.4 Å². The summed E-state index contributed by atoms with van der Waals surface area (Å²) in [6, 6.07) is 19.7. The maximum Gasteiger partial charge on any atom is 0.349 e. The fourth-order valence-electron chi connectivity index (χ4n) is 3.32. The van der Waals surface area contributed by atoms with Gasteiger partial charge in [0.25, 0.3) is 0 Å². The molecule has 3 nitrogen and oxygen atoms in total. The Morgan fingerprint density at radius 2 is 1.32 bits per heavy atom. The lowest BCUT2D eigenvalue weighted by molar-refractivity contribution is 0.0533. The minimum Gasteiger partial charge on any atom is -0.462 e. The summed E-state index contributed by atoms with van der Waals surface area (Å²) in [5, 5.41) is 0.959. The Morgan fingerprint density at radius 1 is 0.821 bits per heavy atom. The van der Waals surface area contributed by atoms with E-state index in [1.165, 1.54) is 22.7 Å². The number of ether oxygens (including phenoxy) is 1. The van der Waals surface area contributed by atoms with E-state index in [9.17, 15) is 9.59 Å². The lowest BCUT2D eigenvalue weighted by Gasteiger charge is -2.08. The molecule has 4 rings (SSSR count). The van der Waals surface area contributed by atoms with Gasteiger partial charge in [0.05, 0.1) is 15.5 Å². The SMILES string of the molecule is CCOC(=O)c1sc2sc(C(C)=O)c(-c3ccccc3)c2c1-c1ccccc1. The molecule has 0 aliphatic heterocycles. The molecule has 2 aromatic carbocycles. The second-order valence-electron chi connectivity index (χ2n) is 6.28. The second-order valence-corrected chi connectivity index (χ2v) is 8.58. The predicted molar refractivity (Wildman–Crippen MR) is 117 cm³/mol. The number of ketones is 1. The van der Waals surface area contributed by atoms with Gasteiger partial charge in [-0.05, 0) is 25.0 Å². The fraction of sp³-hybridized carbons (Fsp3) is 0.130.